The van der Waals surface area contributed by atoms with Crippen molar-refractivity contribution in [3.05, 3.63) is 11.6 Å². The van der Waals surface area contributed by atoms with Gasteiger partial charge in [0, 0.05) is 17.1 Å². The topological polar surface area (TPSA) is 146 Å². The number of carbonyl (C=O) groups excluding carboxylic acids is 1. The van der Waals surface area contributed by atoms with E-state index in [4.69, 9.17) is 14.2 Å². The molecule has 6 aliphatic rings. The predicted molar refractivity (Wildman–Crippen MR) is 134 cm³/mol. The van der Waals surface area contributed by atoms with Crippen LogP contribution in [0.2, 0.25) is 0 Å². The van der Waals surface area contributed by atoms with Gasteiger partial charge in [-0.2, -0.15) is 0 Å². The lowest BCUT2D eigenvalue weighted by molar-refractivity contribution is -0.310. The van der Waals surface area contributed by atoms with Crippen molar-refractivity contribution in [2.75, 3.05) is 6.61 Å². The standard InChI is InChI=1S/C29H44O9/c1-15-22(31)23(32)24(33)25(37-15)38-18-6-8-26(2)16(12-18)4-5-20-19(26)7-9-27(3)28(34,10-11-29(20,27)35)17-13-21(30)36-14-17/h13,15-16,18-20,22-25,31-35H,4-12,14H2,1-3H3/t15-,16-,18+,19-,20-,22-,23-,24-,25+,26+,27-,28+,29+/m1/s1. The van der Waals surface area contributed by atoms with Crippen LogP contribution in [-0.2, 0) is 19.0 Å². The second-order valence-corrected chi connectivity index (χ2v) is 13.6. The van der Waals surface area contributed by atoms with E-state index in [2.05, 4.69) is 6.92 Å². The van der Waals surface area contributed by atoms with Crippen LogP contribution in [0.15, 0.2) is 11.6 Å². The van der Waals surface area contributed by atoms with Gasteiger partial charge in [-0.05, 0) is 87.9 Å². The van der Waals surface area contributed by atoms with Gasteiger partial charge in [-0.15, -0.1) is 0 Å². The molecule has 0 bridgehead atoms. The summed E-state index contributed by atoms with van der Waals surface area (Å²) in [6.45, 7) is 6.14. The highest BCUT2D eigenvalue weighted by molar-refractivity contribution is 5.86. The first-order valence-corrected chi connectivity index (χ1v) is 14.5. The number of aliphatic hydroxyl groups excluding tert-OH is 3. The van der Waals surface area contributed by atoms with E-state index in [1.807, 2.05) is 6.92 Å². The number of hydrogen-bond acceptors (Lipinski definition) is 9. The van der Waals surface area contributed by atoms with Crippen molar-refractivity contribution >= 4 is 5.97 Å². The number of fused-ring (bicyclic) bond motifs is 5. The summed E-state index contributed by atoms with van der Waals surface area (Å²) in [6.07, 6.45) is 2.89. The third-order valence-electron chi connectivity index (χ3n) is 12.3. The molecule has 0 aromatic rings. The number of hydrogen-bond donors (Lipinski definition) is 5. The molecule has 4 saturated carbocycles. The fourth-order valence-electron chi connectivity index (χ4n) is 9.77. The first-order chi connectivity index (χ1) is 17.8. The lowest BCUT2D eigenvalue weighted by Gasteiger charge is -2.64. The van der Waals surface area contributed by atoms with Gasteiger partial charge in [0.25, 0.3) is 0 Å². The highest BCUT2D eigenvalue weighted by atomic mass is 16.7. The van der Waals surface area contributed by atoms with Gasteiger partial charge in [0.1, 0.15) is 24.9 Å². The van der Waals surface area contributed by atoms with Crippen molar-refractivity contribution in [2.24, 2.45) is 28.6 Å². The number of esters is 1. The van der Waals surface area contributed by atoms with Gasteiger partial charge in [-0.25, -0.2) is 4.79 Å². The Balaban J connectivity index is 1.18. The van der Waals surface area contributed by atoms with Gasteiger partial charge in [-0.3, -0.25) is 0 Å². The number of rotatable bonds is 3. The second-order valence-electron chi connectivity index (χ2n) is 13.6. The summed E-state index contributed by atoms with van der Waals surface area (Å²) in [6, 6.07) is 0. The average molecular weight is 537 g/mol. The van der Waals surface area contributed by atoms with Gasteiger partial charge in [0.2, 0.25) is 0 Å². The predicted octanol–water partition coefficient (Wildman–Crippen LogP) is 1.57. The minimum Gasteiger partial charge on any atom is -0.458 e. The Morgan fingerprint density at radius 1 is 0.921 bits per heavy atom. The fourth-order valence-corrected chi connectivity index (χ4v) is 9.77. The number of carbonyl (C=O) groups is 1. The van der Waals surface area contributed by atoms with Gasteiger partial charge < -0.3 is 39.7 Å². The third kappa shape index (κ3) is 3.58. The zero-order valence-corrected chi connectivity index (χ0v) is 22.7. The van der Waals surface area contributed by atoms with Crippen molar-refractivity contribution in [3.8, 4) is 0 Å². The summed E-state index contributed by atoms with van der Waals surface area (Å²) < 4.78 is 17.0. The number of ether oxygens (including phenoxy) is 3. The Hall–Kier alpha value is -1.07. The van der Waals surface area contributed by atoms with E-state index in [1.165, 1.54) is 6.08 Å². The van der Waals surface area contributed by atoms with E-state index in [9.17, 15) is 30.3 Å². The molecule has 9 nitrogen and oxygen atoms in total. The second kappa shape index (κ2) is 8.96. The normalized spacial score (nSPS) is 56.5. The molecule has 6 rings (SSSR count). The van der Waals surface area contributed by atoms with Crippen molar-refractivity contribution < 1.29 is 44.5 Å². The van der Waals surface area contributed by atoms with E-state index in [0.717, 1.165) is 38.5 Å². The minimum atomic E-state index is -1.31. The SMILES string of the molecule is C[C@H]1O[C@@H](O[C@H]2CC[C@@]3(C)[C@H](CC[C@@H]4[C@H]3CC[C@]3(C)[C@@](O)(C5=CC(=O)OC5)CC[C@]43O)C2)[C@H](O)[C@H](O)[C@@H]1O. The average Bonchev–Trinajstić information content (AvgIpc) is 3.41. The van der Waals surface area contributed by atoms with Crippen LogP contribution >= 0.6 is 0 Å². The van der Waals surface area contributed by atoms with Crippen LogP contribution in [0.4, 0.5) is 0 Å². The van der Waals surface area contributed by atoms with E-state index < -0.39 is 53.3 Å². The summed E-state index contributed by atoms with van der Waals surface area (Å²) >= 11 is 0. The molecule has 9 heteroatoms. The molecule has 0 unspecified atom stereocenters. The Labute approximate surface area is 224 Å². The Morgan fingerprint density at radius 2 is 1.68 bits per heavy atom. The molecule has 2 heterocycles. The van der Waals surface area contributed by atoms with Crippen molar-refractivity contribution in [2.45, 2.75) is 127 Å². The zero-order valence-electron chi connectivity index (χ0n) is 22.7. The van der Waals surface area contributed by atoms with Crippen LogP contribution < -0.4 is 0 Å². The van der Waals surface area contributed by atoms with Crippen LogP contribution in [0.5, 0.6) is 0 Å². The van der Waals surface area contributed by atoms with Crippen LogP contribution in [0, 0.1) is 28.6 Å². The molecule has 13 atom stereocenters. The van der Waals surface area contributed by atoms with E-state index in [-0.39, 0.29) is 24.0 Å². The maximum Gasteiger partial charge on any atom is 0.331 e. The van der Waals surface area contributed by atoms with E-state index in [1.54, 1.807) is 6.92 Å². The molecule has 0 aromatic heterocycles. The maximum atomic E-state index is 12.4. The van der Waals surface area contributed by atoms with Crippen molar-refractivity contribution in [1.82, 2.24) is 0 Å². The fraction of sp³-hybridized carbons (Fsp3) is 0.897. The lowest BCUT2D eigenvalue weighted by atomic mass is 9.42. The van der Waals surface area contributed by atoms with Gasteiger partial charge in [0.15, 0.2) is 6.29 Å². The molecule has 0 amide bonds. The first-order valence-electron chi connectivity index (χ1n) is 14.5. The molecule has 4 aliphatic carbocycles. The Morgan fingerprint density at radius 3 is 2.39 bits per heavy atom. The largest absolute Gasteiger partial charge is 0.458 e. The van der Waals surface area contributed by atoms with Crippen LogP contribution in [0.1, 0.15) is 78.6 Å². The zero-order chi connectivity index (χ0) is 27.3. The molecule has 0 radical (unpaired) electrons. The molecule has 1 saturated heterocycles. The summed E-state index contributed by atoms with van der Waals surface area (Å²) in [4.78, 5) is 11.8. The highest BCUT2D eigenvalue weighted by Gasteiger charge is 2.72. The lowest BCUT2D eigenvalue weighted by Crippen LogP contribution is -2.65. The molecule has 2 aliphatic heterocycles. The van der Waals surface area contributed by atoms with Crippen LogP contribution in [0.3, 0.4) is 0 Å². The molecule has 38 heavy (non-hydrogen) atoms. The number of cyclic esters (lactones) is 1. The summed E-state index contributed by atoms with van der Waals surface area (Å²) in [5.41, 5.74) is -2.34. The first kappa shape index (κ1) is 27.1. The van der Waals surface area contributed by atoms with Gasteiger partial charge >= 0.3 is 5.97 Å². The quantitative estimate of drug-likeness (QED) is 0.268. The third-order valence-corrected chi connectivity index (χ3v) is 12.3. The molecule has 0 spiro atoms. The van der Waals surface area contributed by atoms with Gasteiger partial charge in [-0.1, -0.05) is 13.8 Å². The van der Waals surface area contributed by atoms with E-state index >= 15 is 0 Å². The summed E-state index contributed by atoms with van der Waals surface area (Å²) in [7, 11) is 0. The van der Waals surface area contributed by atoms with Crippen molar-refractivity contribution in [3.63, 3.8) is 0 Å². The molecule has 5 fully saturated rings. The van der Waals surface area contributed by atoms with E-state index in [0.29, 0.717) is 36.7 Å². The molecular formula is C29H44O9. The smallest absolute Gasteiger partial charge is 0.331 e. The Bertz CT molecular complexity index is 1000. The molecule has 214 valence electrons. The van der Waals surface area contributed by atoms with Gasteiger partial charge in [0.05, 0.1) is 23.4 Å². The maximum absolute atomic E-state index is 12.4. The minimum absolute atomic E-state index is 0.0291. The number of aliphatic hydroxyl groups is 5. The summed E-state index contributed by atoms with van der Waals surface area (Å²) in [5.74, 6) is 0.382. The van der Waals surface area contributed by atoms with Crippen LogP contribution in [-0.4, -0.2) is 86.1 Å². The van der Waals surface area contributed by atoms with Crippen LogP contribution in [0.25, 0.3) is 0 Å². The Kier molecular flexibility index (Phi) is 6.40. The molecule has 5 N–H and O–H groups in total. The summed E-state index contributed by atoms with van der Waals surface area (Å²) in [5, 5.41) is 54.9. The monoisotopic (exact) mass is 536 g/mol. The van der Waals surface area contributed by atoms with Crippen molar-refractivity contribution in [1.29, 1.82) is 0 Å². The molecular weight excluding hydrogens is 492 g/mol. The highest BCUT2D eigenvalue weighted by Crippen LogP contribution is 2.71. The molecule has 0 aromatic carbocycles.